The van der Waals surface area contributed by atoms with E-state index >= 15 is 0 Å². The van der Waals surface area contributed by atoms with Gasteiger partial charge in [0.05, 0.1) is 13.2 Å². The van der Waals surface area contributed by atoms with E-state index < -0.39 is 0 Å². The number of phenolic OH excluding ortho intramolecular Hbond substituents is 2. The minimum atomic E-state index is -0.191. The van der Waals surface area contributed by atoms with E-state index in [9.17, 15) is 10.2 Å². The molecule has 1 aliphatic carbocycles. The van der Waals surface area contributed by atoms with Gasteiger partial charge in [0.15, 0.2) is 0 Å². The summed E-state index contributed by atoms with van der Waals surface area (Å²) < 4.78 is 10.7. The van der Waals surface area contributed by atoms with Gasteiger partial charge in [-0.25, -0.2) is 0 Å². The summed E-state index contributed by atoms with van der Waals surface area (Å²) in [6.07, 6.45) is 4.36. The van der Waals surface area contributed by atoms with Gasteiger partial charge in [-0.05, 0) is 72.9 Å². The smallest absolute Gasteiger partial charge is 0.124 e. The SMILES string of the molecule is COCc1cc(C2(c3cc(C)c(O)c(COC)c3)CCCC(C)(C)C2)cc(C)c1O. The number of rotatable bonds is 6. The Balaban J connectivity index is 2.27. The van der Waals surface area contributed by atoms with Gasteiger partial charge in [0.2, 0.25) is 0 Å². The zero-order chi connectivity index (χ0) is 22.1. The Kier molecular flexibility index (Phi) is 6.49. The van der Waals surface area contributed by atoms with E-state index in [4.69, 9.17) is 9.47 Å². The van der Waals surface area contributed by atoms with E-state index in [1.54, 1.807) is 14.2 Å². The van der Waals surface area contributed by atoms with Crippen molar-refractivity contribution in [1.29, 1.82) is 0 Å². The first-order valence-electron chi connectivity index (χ1n) is 10.8. The maximum Gasteiger partial charge on any atom is 0.124 e. The lowest BCUT2D eigenvalue weighted by molar-refractivity contribution is 0.169. The quantitative estimate of drug-likeness (QED) is 0.621. The number of aryl methyl sites for hydroxylation is 2. The van der Waals surface area contributed by atoms with Gasteiger partial charge in [-0.1, -0.05) is 32.4 Å². The van der Waals surface area contributed by atoms with Crippen LogP contribution in [0, 0.1) is 19.3 Å². The molecule has 1 fully saturated rings. The lowest BCUT2D eigenvalue weighted by Crippen LogP contribution is -2.38. The molecule has 0 amide bonds. The number of methoxy groups -OCH3 is 2. The fraction of sp³-hybridized carbons (Fsp3) is 0.538. The fourth-order valence-electron chi connectivity index (χ4n) is 5.31. The maximum atomic E-state index is 10.6. The summed E-state index contributed by atoms with van der Waals surface area (Å²) in [5.74, 6) is 0.626. The summed E-state index contributed by atoms with van der Waals surface area (Å²) in [6, 6.07) is 8.50. The van der Waals surface area contributed by atoms with Crippen LogP contribution in [0.2, 0.25) is 0 Å². The van der Waals surface area contributed by atoms with Gasteiger partial charge in [-0.15, -0.1) is 0 Å². The summed E-state index contributed by atoms with van der Waals surface area (Å²) in [4.78, 5) is 0. The summed E-state index contributed by atoms with van der Waals surface area (Å²) in [7, 11) is 3.31. The third kappa shape index (κ3) is 4.21. The molecular formula is C26H36O4. The zero-order valence-electron chi connectivity index (χ0n) is 19.3. The van der Waals surface area contributed by atoms with Gasteiger partial charge in [0, 0.05) is 30.8 Å². The van der Waals surface area contributed by atoms with Gasteiger partial charge in [-0.3, -0.25) is 0 Å². The van der Waals surface area contributed by atoms with Gasteiger partial charge < -0.3 is 19.7 Å². The van der Waals surface area contributed by atoms with Crippen molar-refractivity contribution < 1.29 is 19.7 Å². The molecule has 3 rings (SSSR count). The minimum Gasteiger partial charge on any atom is -0.507 e. The molecule has 0 heterocycles. The van der Waals surface area contributed by atoms with Crippen LogP contribution in [0.3, 0.4) is 0 Å². The van der Waals surface area contributed by atoms with Crippen LogP contribution in [0.15, 0.2) is 24.3 Å². The van der Waals surface area contributed by atoms with Crippen molar-refractivity contribution in [3.8, 4) is 11.5 Å². The van der Waals surface area contributed by atoms with Crippen LogP contribution in [0.25, 0.3) is 0 Å². The zero-order valence-corrected chi connectivity index (χ0v) is 19.3. The first kappa shape index (κ1) is 22.6. The average molecular weight is 413 g/mol. The van der Waals surface area contributed by atoms with Crippen molar-refractivity contribution in [3.05, 3.63) is 57.6 Å². The first-order chi connectivity index (χ1) is 14.1. The fourth-order valence-corrected chi connectivity index (χ4v) is 5.31. The first-order valence-corrected chi connectivity index (χ1v) is 10.8. The molecule has 30 heavy (non-hydrogen) atoms. The molecule has 2 N–H and O–H groups in total. The van der Waals surface area contributed by atoms with Crippen LogP contribution < -0.4 is 0 Å². The number of hydrogen-bond acceptors (Lipinski definition) is 4. The molecule has 4 nitrogen and oxygen atoms in total. The highest BCUT2D eigenvalue weighted by Gasteiger charge is 2.43. The van der Waals surface area contributed by atoms with Crippen LogP contribution in [0.4, 0.5) is 0 Å². The van der Waals surface area contributed by atoms with Crippen LogP contribution in [-0.2, 0) is 28.1 Å². The second-order valence-corrected chi connectivity index (χ2v) is 9.74. The largest absolute Gasteiger partial charge is 0.507 e. The number of hydrogen-bond donors (Lipinski definition) is 2. The Hall–Kier alpha value is -2.04. The molecule has 0 aromatic heterocycles. The van der Waals surface area contributed by atoms with Crippen LogP contribution in [0.5, 0.6) is 11.5 Å². The molecule has 4 heteroatoms. The number of aromatic hydroxyl groups is 2. The monoisotopic (exact) mass is 412 g/mol. The lowest BCUT2D eigenvalue weighted by Gasteiger charge is -2.46. The molecule has 0 radical (unpaired) electrons. The van der Waals surface area contributed by atoms with Gasteiger partial charge in [0.1, 0.15) is 11.5 Å². The Morgan fingerprint density at radius 3 is 1.67 bits per heavy atom. The van der Waals surface area contributed by atoms with Crippen molar-refractivity contribution in [2.75, 3.05) is 14.2 Å². The molecule has 0 aliphatic heterocycles. The molecule has 1 saturated carbocycles. The van der Waals surface area contributed by atoms with E-state index in [0.29, 0.717) is 24.7 Å². The molecule has 0 saturated heterocycles. The molecule has 0 bridgehead atoms. The Morgan fingerprint density at radius 1 is 0.800 bits per heavy atom. The van der Waals surface area contributed by atoms with Gasteiger partial charge in [0.25, 0.3) is 0 Å². The van der Waals surface area contributed by atoms with Crippen molar-refractivity contribution >= 4 is 0 Å². The van der Waals surface area contributed by atoms with E-state index in [2.05, 4.69) is 38.1 Å². The summed E-state index contributed by atoms with van der Waals surface area (Å²) in [6.45, 7) is 9.35. The molecule has 0 unspecified atom stereocenters. The Bertz CT molecular complexity index is 852. The lowest BCUT2D eigenvalue weighted by atomic mass is 9.57. The van der Waals surface area contributed by atoms with E-state index in [0.717, 1.165) is 41.5 Å². The molecule has 0 spiro atoms. The molecule has 1 aliphatic rings. The highest BCUT2D eigenvalue weighted by atomic mass is 16.5. The van der Waals surface area contributed by atoms with Crippen LogP contribution in [0.1, 0.15) is 72.9 Å². The molecule has 2 aromatic rings. The number of phenols is 2. The highest BCUT2D eigenvalue weighted by molar-refractivity contribution is 5.53. The highest BCUT2D eigenvalue weighted by Crippen LogP contribution is 2.53. The van der Waals surface area contributed by atoms with E-state index in [1.165, 1.54) is 17.5 Å². The normalized spacial score (nSPS) is 17.8. The predicted molar refractivity (Wildman–Crippen MR) is 120 cm³/mol. The summed E-state index contributed by atoms with van der Waals surface area (Å²) in [5, 5.41) is 21.1. The van der Waals surface area contributed by atoms with Crippen molar-refractivity contribution in [2.45, 2.75) is 72.0 Å². The summed E-state index contributed by atoms with van der Waals surface area (Å²) >= 11 is 0. The average Bonchev–Trinajstić information content (AvgIpc) is 2.68. The third-order valence-corrected chi connectivity index (χ3v) is 6.70. The molecule has 0 atom stereocenters. The minimum absolute atomic E-state index is 0.191. The maximum absolute atomic E-state index is 10.6. The molecule has 2 aromatic carbocycles. The molecule has 164 valence electrons. The van der Waals surface area contributed by atoms with Crippen LogP contribution >= 0.6 is 0 Å². The van der Waals surface area contributed by atoms with Gasteiger partial charge >= 0.3 is 0 Å². The topological polar surface area (TPSA) is 58.9 Å². The van der Waals surface area contributed by atoms with Crippen molar-refractivity contribution in [2.24, 2.45) is 5.41 Å². The second kappa shape index (κ2) is 8.60. The third-order valence-electron chi connectivity index (χ3n) is 6.70. The Morgan fingerprint density at radius 2 is 1.27 bits per heavy atom. The number of ether oxygens (including phenoxy) is 2. The Labute approximate surface area is 180 Å². The van der Waals surface area contributed by atoms with E-state index in [1.807, 2.05) is 13.8 Å². The van der Waals surface area contributed by atoms with Crippen LogP contribution in [-0.4, -0.2) is 24.4 Å². The predicted octanol–water partition coefficient (Wildman–Crippen LogP) is 5.89. The second-order valence-electron chi connectivity index (χ2n) is 9.74. The summed E-state index contributed by atoms with van der Waals surface area (Å²) in [5.41, 5.74) is 5.82. The van der Waals surface area contributed by atoms with Gasteiger partial charge in [-0.2, -0.15) is 0 Å². The van der Waals surface area contributed by atoms with E-state index in [-0.39, 0.29) is 10.8 Å². The standard InChI is InChI=1S/C26H36O4/c1-17-10-21(12-19(14-29-5)23(17)27)26(9-7-8-25(3,4)16-26)22-11-18(2)24(28)20(13-22)15-30-6/h10-13,27-28H,7-9,14-16H2,1-6H3. The van der Waals surface area contributed by atoms with Crippen molar-refractivity contribution in [3.63, 3.8) is 0 Å². The number of benzene rings is 2. The molecular weight excluding hydrogens is 376 g/mol. The van der Waals surface area contributed by atoms with Crippen molar-refractivity contribution in [1.82, 2.24) is 0 Å².